The van der Waals surface area contributed by atoms with E-state index in [1.807, 2.05) is 6.92 Å². The highest BCUT2D eigenvalue weighted by Crippen LogP contribution is 2.31. The van der Waals surface area contributed by atoms with Crippen molar-refractivity contribution in [3.63, 3.8) is 0 Å². The Labute approximate surface area is 256 Å². The largest absolute Gasteiger partial charge is 0.352 e. The third-order valence-electron chi connectivity index (χ3n) is 7.16. The van der Waals surface area contributed by atoms with E-state index in [-0.39, 0.29) is 34.1 Å². The highest BCUT2D eigenvalue weighted by Gasteiger charge is 2.35. The molecule has 0 aromatic heterocycles. The van der Waals surface area contributed by atoms with Crippen LogP contribution in [-0.2, 0) is 26.2 Å². The molecule has 0 aliphatic heterocycles. The van der Waals surface area contributed by atoms with Crippen LogP contribution in [0.5, 0.6) is 0 Å². The maximum atomic E-state index is 14.2. The number of amides is 2. The number of rotatable bonds is 11. The Balaban J connectivity index is 1.73. The molecule has 1 aliphatic carbocycles. The minimum Gasteiger partial charge on any atom is -0.352 e. The van der Waals surface area contributed by atoms with Crippen molar-refractivity contribution >= 4 is 62.3 Å². The zero-order chi connectivity index (χ0) is 29.6. The maximum Gasteiger partial charge on any atom is 0.264 e. The summed E-state index contributed by atoms with van der Waals surface area (Å²) in [6, 6.07) is 18.5. The molecule has 0 spiro atoms. The lowest BCUT2D eigenvalue weighted by atomic mass is 10.1. The second-order valence-electron chi connectivity index (χ2n) is 9.96. The minimum absolute atomic E-state index is 0.00905. The van der Waals surface area contributed by atoms with Gasteiger partial charge in [-0.25, -0.2) is 8.42 Å². The monoisotopic (exact) mass is 635 g/mol. The lowest BCUT2D eigenvalue weighted by Crippen LogP contribution is -2.53. The van der Waals surface area contributed by atoms with E-state index in [1.54, 1.807) is 60.7 Å². The van der Waals surface area contributed by atoms with Gasteiger partial charge in [-0.05, 0) is 61.2 Å². The lowest BCUT2D eigenvalue weighted by Gasteiger charge is -2.34. The molecule has 1 unspecified atom stereocenters. The van der Waals surface area contributed by atoms with Crippen LogP contribution in [0.1, 0.15) is 44.6 Å². The van der Waals surface area contributed by atoms with Gasteiger partial charge in [-0.1, -0.05) is 91.0 Å². The predicted octanol–water partition coefficient (Wildman–Crippen LogP) is 6.71. The van der Waals surface area contributed by atoms with Crippen LogP contribution in [0.2, 0.25) is 15.1 Å². The SMILES string of the molecule is CCC(C(=O)NC1CCCC1)N(Cc1ccc(Cl)c(Cl)c1)C(=O)CN(c1ccccc1Cl)S(=O)(=O)c1ccccc1. The summed E-state index contributed by atoms with van der Waals surface area (Å²) in [7, 11) is -4.20. The van der Waals surface area contributed by atoms with Crippen LogP contribution in [0.25, 0.3) is 0 Å². The molecule has 2 amide bonds. The molecule has 11 heteroatoms. The van der Waals surface area contributed by atoms with Gasteiger partial charge < -0.3 is 10.2 Å². The number of anilines is 1. The third kappa shape index (κ3) is 7.55. The van der Waals surface area contributed by atoms with E-state index in [1.165, 1.54) is 17.0 Å². The van der Waals surface area contributed by atoms with Gasteiger partial charge in [0.25, 0.3) is 10.0 Å². The summed E-state index contributed by atoms with van der Waals surface area (Å²) in [4.78, 5) is 29.1. The molecule has 0 radical (unpaired) electrons. The van der Waals surface area contributed by atoms with Crippen LogP contribution in [0, 0.1) is 0 Å². The molecule has 1 N–H and O–H groups in total. The number of benzene rings is 3. The molecule has 0 saturated heterocycles. The Morgan fingerprint density at radius 1 is 0.902 bits per heavy atom. The Morgan fingerprint density at radius 2 is 1.56 bits per heavy atom. The molecule has 3 aromatic carbocycles. The van der Waals surface area contributed by atoms with Crippen molar-refractivity contribution in [2.24, 2.45) is 0 Å². The first-order valence-electron chi connectivity index (χ1n) is 13.5. The van der Waals surface area contributed by atoms with Gasteiger partial charge in [0.1, 0.15) is 12.6 Å². The second-order valence-corrected chi connectivity index (χ2v) is 13.0. The van der Waals surface area contributed by atoms with Gasteiger partial charge in [0.05, 0.1) is 25.7 Å². The molecule has 7 nitrogen and oxygen atoms in total. The van der Waals surface area contributed by atoms with Gasteiger partial charge in [-0.3, -0.25) is 13.9 Å². The molecule has 3 aromatic rings. The number of sulfonamides is 1. The van der Waals surface area contributed by atoms with E-state index >= 15 is 0 Å². The highest BCUT2D eigenvalue weighted by atomic mass is 35.5. The van der Waals surface area contributed by atoms with E-state index < -0.39 is 28.5 Å². The zero-order valence-corrected chi connectivity index (χ0v) is 25.7. The van der Waals surface area contributed by atoms with Crippen LogP contribution in [-0.4, -0.2) is 43.8 Å². The van der Waals surface area contributed by atoms with E-state index in [0.717, 1.165) is 30.0 Å². The van der Waals surface area contributed by atoms with Crippen molar-refractivity contribution in [1.82, 2.24) is 10.2 Å². The minimum atomic E-state index is -4.20. The van der Waals surface area contributed by atoms with Crippen molar-refractivity contribution in [1.29, 1.82) is 0 Å². The van der Waals surface area contributed by atoms with Crippen molar-refractivity contribution in [3.8, 4) is 0 Å². The van der Waals surface area contributed by atoms with E-state index in [4.69, 9.17) is 34.8 Å². The number of halogens is 3. The number of carbonyl (C=O) groups is 2. The van der Waals surface area contributed by atoms with Crippen LogP contribution in [0.15, 0.2) is 77.7 Å². The highest BCUT2D eigenvalue weighted by molar-refractivity contribution is 7.92. The quantitative estimate of drug-likeness (QED) is 0.254. The molecule has 1 aliphatic rings. The molecule has 0 heterocycles. The summed E-state index contributed by atoms with van der Waals surface area (Å²) in [6.45, 7) is 1.27. The van der Waals surface area contributed by atoms with Crippen molar-refractivity contribution in [2.45, 2.75) is 62.6 Å². The Kier molecular flexibility index (Phi) is 10.6. The number of hydrogen-bond donors (Lipinski definition) is 1. The average molecular weight is 637 g/mol. The molecule has 4 rings (SSSR count). The van der Waals surface area contributed by atoms with Crippen LogP contribution < -0.4 is 9.62 Å². The maximum absolute atomic E-state index is 14.2. The summed E-state index contributed by atoms with van der Waals surface area (Å²) >= 11 is 18.8. The predicted molar refractivity (Wildman–Crippen MR) is 164 cm³/mol. The fourth-order valence-electron chi connectivity index (χ4n) is 5.01. The van der Waals surface area contributed by atoms with Crippen LogP contribution >= 0.6 is 34.8 Å². The van der Waals surface area contributed by atoms with Gasteiger partial charge in [0.2, 0.25) is 11.8 Å². The Bertz CT molecular complexity index is 1480. The van der Waals surface area contributed by atoms with Gasteiger partial charge in [-0.15, -0.1) is 0 Å². The van der Waals surface area contributed by atoms with Crippen LogP contribution in [0.3, 0.4) is 0 Å². The van der Waals surface area contributed by atoms with Crippen molar-refractivity contribution in [3.05, 3.63) is 93.4 Å². The fraction of sp³-hybridized carbons (Fsp3) is 0.333. The Morgan fingerprint density at radius 3 is 2.20 bits per heavy atom. The number of nitrogens with zero attached hydrogens (tertiary/aromatic N) is 2. The third-order valence-corrected chi connectivity index (χ3v) is 9.99. The molecular formula is C30H32Cl3N3O4S. The molecule has 41 heavy (non-hydrogen) atoms. The number of hydrogen-bond acceptors (Lipinski definition) is 4. The van der Waals surface area contributed by atoms with Gasteiger partial charge in [0, 0.05) is 12.6 Å². The van der Waals surface area contributed by atoms with Crippen LogP contribution in [0.4, 0.5) is 5.69 Å². The van der Waals surface area contributed by atoms with E-state index in [9.17, 15) is 18.0 Å². The summed E-state index contributed by atoms with van der Waals surface area (Å²) in [5.41, 5.74) is 0.805. The number of para-hydroxylation sites is 1. The molecule has 1 atom stereocenters. The van der Waals surface area contributed by atoms with Crippen molar-refractivity contribution in [2.75, 3.05) is 10.8 Å². The molecule has 1 fully saturated rings. The fourth-order valence-corrected chi connectivity index (χ4v) is 7.07. The molecular weight excluding hydrogens is 605 g/mol. The zero-order valence-electron chi connectivity index (χ0n) is 22.6. The van der Waals surface area contributed by atoms with Gasteiger partial charge in [-0.2, -0.15) is 0 Å². The second kappa shape index (κ2) is 13.9. The standard InChI is InChI=1S/C30H32Cl3N3O4S/c1-2-27(30(38)34-22-10-6-7-11-22)35(19-21-16-17-24(31)26(33)18-21)29(37)20-36(28-15-9-8-14-25(28)32)41(39,40)23-12-4-3-5-13-23/h3-5,8-9,12-18,22,27H,2,6-7,10-11,19-20H2,1H3,(H,34,38). The summed E-state index contributed by atoms with van der Waals surface area (Å²) in [6.07, 6.45) is 4.18. The van der Waals surface area contributed by atoms with Gasteiger partial charge >= 0.3 is 0 Å². The summed E-state index contributed by atoms with van der Waals surface area (Å²) in [5, 5.41) is 3.93. The molecule has 1 saturated carbocycles. The lowest BCUT2D eigenvalue weighted by molar-refractivity contribution is -0.140. The first-order chi connectivity index (χ1) is 19.6. The average Bonchev–Trinajstić information content (AvgIpc) is 3.47. The molecule has 218 valence electrons. The van der Waals surface area contributed by atoms with Crippen molar-refractivity contribution < 1.29 is 18.0 Å². The molecule has 0 bridgehead atoms. The summed E-state index contributed by atoms with van der Waals surface area (Å²) in [5.74, 6) is -0.841. The normalized spacial score (nSPS) is 14.4. The first kappa shape index (κ1) is 31.2. The number of nitrogens with one attached hydrogen (secondary N) is 1. The summed E-state index contributed by atoms with van der Waals surface area (Å²) < 4.78 is 28.7. The first-order valence-corrected chi connectivity index (χ1v) is 16.0. The number of carbonyl (C=O) groups excluding carboxylic acids is 2. The smallest absolute Gasteiger partial charge is 0.264 e. The Hall–Kier alpha value is -2.78. The topological polar surface area (TPSA) is 86.8 Å². The van der Waals surface area contributed by atoms with Gasteiger partial charge in [0.15, 0.2) is 0 Å². The van der Waals surface area contributed by atoms with E-state index in [0.29, 0.717) is 22.0 Å². The van der Waals surface area contributed by atoms with E-state index in [2.05, 4.69) is 5.32 Å².